The maximum Gasteiger partial charge on any atom is 0.344 e. The summed E-state index contributed by atoms with van der Waals surface area (Å²) in [6, 6.07) is 6.04. The Morgan fingerprint density at radius 2 is 1.95 bits per heavy atom. The van der Waals surface area contributed by atoms with Gasteiger partial charge in [-0.3, -0.25) is 0 Å². The molecule has 1 N–H and O–H groups in total. The molecule has 22 heavy (non-hydrogen) atoms. The van der Waals surface area contributed by atoms with Crippen LogP contribution in [0.15, 0.2) is 30.5 Å². The van der Waals surface area contributed by atoms with Crippen LogP contribution in [0.5, 0.6) is 17.4 Å². The van der Waals surface area contributed by atoms with E-state index in [2.05, 4.69) is 4.98 Å². The number of hydrogen-bond donors (Lipinski definition) is 1. The Hall–Kier alpha value is -1.69. The number of nitrogens with zero attached hydrogens (tertiary/aromatic N) is 1. The van der Waals surface area contributed by atoms with Gasteiger partial charge in [0.15, 0.2) is 6.10 Å². The second kappa shape index (κ2) is 7.05. The maximum atomic E-state index is 10.8. The van der Waals surface area contributed by atoms with Crippen LogP contribution in [-0.4, -0.2) is 22.2 Å². The van der Waals surface area contributed by atoms with Crippen molar-refractivity contribution in [1.82, 2.24) is 4.98 Å². The minimum atomic E-state index is -1.09. The minimum absolute atomic E-state index is 0.137. The van der Waals surface area contributed by atoms with E-state index in [0.29, 0.717) is 10.8 Å². The molecule has 0 saturated heterocycles. The van der Waals surface area contributed by atoms with Crippen molar-refractivity contribution in [1.29, 1.82) is 0 Å². The quantitative estimate of drug-likeness (QED) is 0.836. The van der Waals surface area contributed by atoms with Crippen LogP contribution in [0.25, 0.3) is 0 Å². The molecule has 2 rings (SSSR count). The highest BCUT2D eigenvalue weighted by atomic mass is 35.5. The van der Waals surface area contributed by atoms with Crippen molar-refractivity contribution in [3.63, 3.8) is 0 Å². The van der Waals surface area contributed by atoms with Gasteiger partial charge in [-0.15, -0.1) is 0 Å². The molecular weight excluding hydrogens is 353 g/mol. The molecule has 5 nitrogen and oxygen atoms in total. The second-order valence-corrected chi connectivity index (χ2v) is 5.40. The van der Waals surface area contributed by atoms with Crippen LogP contribution < -0.4 is 9.47 Å². The van der Waals surface area contributed by atoms with Gasteiger partial charge in [0.2, 0.25) is 5.88 Å². The molecule has 116 valence electrons. The average molecular weight is 363 g/mol. The van der Waals surface area contributed by atoms with Gasteiger partial charge >= 0.3 is 5.97 Å². The van der Waals surface area contributed by atoms with Crippen LogP contribution in [0.1, 0.15) is 6.92 Å². The molecule has 0 radical (unpaired) electrons. The number of benzene rings is 1. The van der Waals surface area contributed by atoms with Gasteiger partial charge in [-0.2, -0.15) is 0 Å². The summed E-state index contributed by atoms with van der Waals surface area (Å²) in [4.78, 5) is 14.7. The molecule has 1 unspecified atom stereocenters. The molecule has 2 aromatic rings. The van der Waals surface area contributed by atoms with Gasteiger partial charge in [-0.1, -0.05) is 34.8 Å². The minimum Gasteiger partial charge on any atom is -0.479 e. The third-order valence-corrected chi connectivity index (χ3v) is 3.65. The topological polar surface area (TPSA) is 68.7 Å². The number of carboxylic acid groups (broad SMARTS) is 1. The monoisotopic (exact) mass is 361 g/mol. The van der Waals surface area contributed by atoms with Gasteiger partial charge in [-0.25, -0.2) is 9.78 Å². The van der Waals surface area contributed by atoms with Gasteiger partial charge in [0.1, 0.15) is 16.5 Å². The molecule has 0 fully saturated rings. The van der Waals surface area contributed by atoms with Crippen LogP contribution in [0, 0.1) is 0 Å². The van der Waals surface area contributed by atoms with Crippen molar-refractivity contribution in [2.24, 2.45) is 0 Å². The third-order valence-electron chi connectivity index (χ3n) is 2.58. The van der Waals surface area contributed by atoms with Crippen molar-refractivity contribution >= 4 is 40.8 Å². The van der Waals surface area contributed by atoms with Crippen molar-refractivity contribution in [3.05, 3.63) is 45.5 Å². The lowest BCUT2D eigenvalue weighted by Crippen LogP contribution is -2.22. The van der Waals surface area contributed by atoms with Crippen molar-refractivity contribution in [3.8, 4) is 17.4 Å². The highest BCUT2D eigenvalue weighted by molar-refractivity contribution is 6.42. The molecule has 1 aromatic heterocycles. The van der Waals surface area contributed by atoms with Crippen molar-refractivity contribution in [2.45, 2.75) is 13.0 Å². The summed E-state index contributed by atoms with van der Waals surface area (Å²) in [7, 11) is 0. The van der Waals surface area contributed by atoms with Gasteiger partial charge < -0.3 is 14.6 Å². The number of halogens is 3. The molecule has 1 aromatic carbocycles. The highest BCUT2D eigenvalue weighted by Crippen LogP contribution is 2.35. The van der Waals surface area contributed by atoms with Gasteiger partial charge in [0, 0.05) is 12.3 Å². The summed E-state index contributed by atoms with van der Waals surface area (Å²) < 4.78 is 10.7. The van der Waals surface area contributed by atoms with Crippen LogP contribution >= 0.6 is 34.8 Å². The normalized spacial score (nSPS) is 11.8. The molecule has 0 amide bonds. The van der Waals surface area contributed by atoms with Crippen LogP contribution in [0.2, 0.25) is 15.1 Å². The zero-order valence-electron chi connectivity index (χ0n) is 11.2. The van der Waals surface area contributed by atoms with E-state index >= 15 is 0 Å². The Balaban J connectivity index is 2.19. The third kappa shape index (κ3) is 3.94. The summed E-state index contributed by atoms with van der Waals surface area (Å²) in [5, 5.41) is 9.50. The standard InChI is InChI=1S/C14H10Cl3NO4/c1-7(14(19)20)21-11-3-2-8(6-10(11)16)22-13-12(17)9(15)4-5-18-13/h2-7H,1H3,(H,19,20). The van der Waals surface area contributed by atoms with Crippen LogP contribution in [0.3, 0.4) is 0 Å². The SMILES string of the molecule is CC(Oc1ccc(Oc2nccc(Cl)c2Cl)cc1Cl)C(=O)O. The Labute approximate surface area is 141 Å². The highest BCUT2D eigenvalue weighted by Gasteiger charge is 2.15. The number of rotatable bonds is 5. The number of pyridine rings is 1. The molecule has 0 spiro atoms. The van der Waals surface area contributed by atoms with E-state index in [-0.39, 0.29) is 21.7 Å². The first kappa shape index (κ1) is 16.7. The number of ether oxygens (including phenoxy) is 2. The van der Waals surface area contributed by atoms with Gasteiger partial charge in [-0.05, 0) is 25.1 Å². The fourth-order valence-corrected chi connectivity index (χ4v) is 1.97. The van der Waals surface area contributed by atoms with Crippen molar-refractivity contribution in [2.75, 3.05) is 0 Å². The first-order chi connectivity index (χ1) is 10.4. The number of carbonyl (C=O) groups is 1. The van der Waals surface area contributed by atoms with E-state index in [0.717, 1.165) is 0 Å². The lowest BCUT2D eigenvalue weighted by Gasteiger charge is -2.13. The number of aromatic nitrogens is 1. The molecule has 8 heteroatoms. The summed E-state index contributed by atoms with van der Waals surface area (Å²) in [6.45, 7) is 1.40. The average Bonchev–Trinajstić information content (AvgIpc) is 2.46. The Morgan fingerprint density at radius 3 is 2.59 bits per heavy atom. The van der Waals surface area contributed by atoms with Gasteiger partial charge in [0.25, 0.3) is 0 Å². The molecule has 0 bridgehead atoms. The van der Waals surface area contributed by atoms with E-state index in [1.54, 1.807) is 6.07 Å². The fraction of sp³-hybridized carbons (Fsp3) is 0.143. The number of aliphatic carboxylic acids is 1. The molecule has 0 aliphatic rings. The zero-order valence-corrected chi connectivity index (χ0v) is 13.5. The van der Waals surface area contributed by atoms with E-state index in [1.807, 2.05) is 0 Å². The first-order valence-corrected chi connectivity index (χ1v) is 7.18. The van der Waals surface area contributed by atoms with E-state index in [9.17, 15) is 4.79 Å². The van der Waals surface area contributed by atoms with E-state index in [4.69, 9.17) is 49.4 Å². The second-order valence-electron chi connectivity index (χ2n) is 4.20. The summed E-state index contributed by atoms with van der Waals surface area (Å²) in [5.74, 6) is -0.366. The summed E-state index contributed by atoms with van der Waals surface area (Å²) >= 11 is 17.9. The molecule has 1 atom stereocenters. The van der Waals surface area contributed by atoms with Crippen LogP contribution in [-0.2, 0) is 4.79 Å². The number of carboxylic acids is 1. The Kier molecular flexibility index (Phi) is 5.34. The molecule has 0 saturated carbocycles. The largest absolute Gasteiger partial charge is 0.479 e. The first-order valence-electron chi connectivity index (χ1n) is 6.05. The molecule has 0 aliphatic heterocycles. The molecule has 0 aliphatic carbocycles. The predicted octanol–water partition coefficient (Wildman–Crippen LogP) is 4.69. The lowest BCUT2D eigenvalue weighted by atomic mass is 10.3. The predicted molar refractivity (Wildman–Crippen MR) is 83.5 cm³/mol. The smallest absolute Gasteiger partial charge is 0.344 e. The van der Waals surface area contributed by atoms with E-state index < -0.39 is 12.1 Å². The number of hydrogen-bond acceptors (Lipinski definition) is 4. The zero-order chi connectivity index (χ0) is 16.3. The Bertz CT molecular complexity index is 708. The summed E-state index contributed by atoms with van der Waals surface area (Å²) in [5.41, 5.74) is 0. The van der Waals surface area contributed by atoms with E-state index in [1.165, 1.54) is 31.3 Å². The van der Waals surface area contributed by atoms with Crippen LogP contribution in [0.4, 0.5) is 0 Å². The molecular formula is C14H10Cl3NO4. The van der Waals surface area contributed by atoms with Crippen molar-refractivity contribution < 1.29 is 19.4 Å². The van der Waals surface area contributed by atoms with Gasteiger partial charge in [0.05, 0.1) is 10.0 Å². The summed E-state index contributed by atoms with van der Waals surface area (Å²) in [6.07, 6.45) is 0.435. The Morgan fingerprint density at radius 1 is 1.23 bits per heavy atom. The maximum absolute atomic E-state index is 10.8. The fourth-order valence-electron chi connectivity index (χ4n) is 1.47. The lowest BCUT2D eigenvalue weighted by molar-refractivity contribution is -0.144. The molecule has 1 heterocycles.